The van der Waals surface area contributed by atoms with E-state index in [9.17, 15) is 0 Å². The lowest BCUT2D eigenvalue weighted by atomic mass is 9.97. The van der Waals surface area contributed by atoms with Crippen molar-refractivity contribution >= 4 is 160 Å². The number of nitrogens with zero attached hydrogens (tertiary/aromatic N) is 6. The molecule has 0 fully saturated rings. The topological polar surface area (TPSA) is 53.5 Å². The third-order valence-corrected chi connectivity index (χ3v) is 26.0. The van der Waals surface area contributed by atoms with E-state index in [1.54, 1.807) is 0 Å². The van der Waals surface area contributed by atoms with Gasteiger partial charge in [0.1, 0.15) is 0 Å². The first-order valence-corrected chi connectivity index (χ1v) is 40.9. The van der Waals surface area contributed by atoms with Crippen molar-refractivity contribution in [3.05, 3.63) is 401 Å². The van der Waals surface area contributed by atoms with Gasteiger partial charge in [0.05, 0.1) is 48.2 Å². The van der Waals surface area contributed by atoms with Gasteiger partial charge < -0.3 is 13.7 Å². The Morgan fingerprint density at radius 2 is 0.518 bits per heavy atom. The van der Waals surface area contributed by atoms with Crippen LogP contribution >= 0.6 is 34.0 Å². The molecule has 9 aromatic heterocycles. The second kappa shape index (κ2) is 28.0. The fourth-order valence-corrected chi connectivity index (χ4v) is 20.9. The molecular formula is C105H66N6S3. The zero-order chi connectivity index (χ0) is 75.2. The van der Waals surface area contributed by atoms with Crippen molar-refractivity contribution in [3.63, 3.8) is 0 Å². The van der Waals surface area contributed by atoms with E-state index < -0.39 is 0 Å². The van der Waals surface area contributed by atoms with Gasteiger partial charge in [0.2, 0.25) is 0 Å². The van der Waals surface area contributed by atoms with Gasteiger partial charge in [-0.05, 0) is 165 Å². The molecule has 0 saturated carbocycles. The van der Waals surface area contributed by atoms with E-state index in [4.69, 9.17) is 4.98 Å². The molecule has 534 valence electrons. The van der Waals surface area contributed by atoms with Crippen LogP contribution in [0.1, 0.15) is 0 Å². The van der Waals surface area contributed by atoms with Crippen LogP contribution in [0.25, 0.3) is 210 Å². The number of pyridine rings is 3. The Hall–Kier alpha value is -14.2. The van der Waals surface area contributed by atoms with Crippen molar-refractivity contribution in [2.24, 2.45) is 0 Å². The van der Waals surface area contributed by atoms with Gasteiger partial charge in [0.15, 0.2) is 0 Å². The fraction of sp³-hybridized carbons (Fsp3) is 0. The highest BCUT2D eigenvalue weighted by Crippen LogP contribution is 2.46. The summed E-state index contributed by atoms with van der Waals surface area (Å²) in [5, 5.41) is 15.3. The Morgan fingerprint density at radius 1 is 0.193 bits per heavy atom. The van der Waals surface area contributed by atoms with Gasteiger partial charge >= 0.3 is 0 Å². The smallest absolute Gasteiger partial charge is 0.0880 e. The largest absolute Gasteiger partial charge is 0.309 e. The van der Waals surface area contributed by atoms with E-state index in [1.807, 2.05) is 65.0 Å². The highest BCUT2D eigenvalue weighted by atomic mass is 32.1. The predicted molar refractivity (Wildman–Crippen MR) is 487 cm³/mol. The molecule has 0 saturated heterocycles. The maximum absolute atomic E-state index is 4.84. The Labute approximate surface area is 668 Å². The van der Waals surface area contributed by atoms with Crippen LogP contribution in [-0.2, 0) is 0 Å². The minimum Gasteiger partial charge on any atom is -0.309 e. The fourth-order valence-electron chi connectivity index (χ4n) is 17.2. The molecule has 0 atom stereocenters. The monoisotopic (exact) mass is 1510 g/mol. The van der Waals surface area contributed by atoms with Gasteiger partial charge in [-0.3, -0.25) is 15.0 Å². The van der Waals surface area contributed by atoms with Crippen LogP contribution in [0.5, 0.6) is 0 Å². The first-order chi connectivity index (χ1) is 56.5. The standard InChI is InChI=1S/3C35H22N2S/c1-4-16-32-27(13-1)28-14-2-5-17-33(28)37(32)26-12-8-10-24(20-26)23-9-7-11-25(19-23)30-21-36-22-31-29-15-3-6-18-34(29)38-35(30)31;1-4-16-31-27(13-1)28-14-2-5-17-32(28)37(31)26-12-8-10-24(22-26)23-9-7-11-25(21-23)34-35-30(19-20-36-34)29-15-3-6-18-33(29)38-35;1-3-16-32-28(12-1)29-13-2-4-17-33(29)37(32)26-11-6-9-24(21-26)23-8-5-10-25(20-23)27-14-7-15-31-30-18-19-36-22-34(30)38-35(27)31/h3*1-22H. The van der Waals surface area contributed by atoms with E-state index >= 15 is 0 Å². The lowest BCUT2D eigenvalue weighted by Gasteiger charge is -2.11. The van der Waals surface area contributed by atoms with Crippen LogP contribution in [0, 0.1) is 0 Å². The summed E-state index contributed by atoms with van der Waals surface area (Å²) >= 11 is 5.49. The molecule has 0 amide bonds. The molecule has 0 radical (unpaired) electrons. The van der Waals surface area contributed by atoms with Crippen LogP contribution < -0.4 is 0 Å². The zero-order valence-electron chi connectivity index (χ0n) is 61.5. The van der Waals surface area contributed by atoms with E-state index in [2.05, 4.69) is 394 Å². The quantitative estimate of drug-likeness (QED) is 0.145. The third-order valence-electron chi connectivity index (χ3n) is 22.4. The van der Waals surface area contributed by atoms with Crippen LogP contribution in [0.4, 0.5) is 0 Å². The molecule has 0 aliphatic rings. The summed E-state index contributed by atoms with van der Waals surface area (Å²) in [5.74, 6) is 0. The summed E-state index contributed by atoms with van der Waals surface area (Å²) in [6, 6.07) is 133. The van der Waals surface area contributed by atoms with E-state index in [0.717, 1.165) is 16.9 Å². The van der Waals surface area contributed by atoms with Crippen molar-refractivity contribution in [2.75, 3.05) is 0 Å². The van der Waals surface area contributed by atoms with Crippen molar-refractivity contribution in [1.82, 2.24) is 28.7 Å². The summed E-state index contributed by atoms with van der Waals surface area (Å²) in [6.45, 7) is 0. The zero-order valence-corrected chi connectivity index (χ0v) is 64.0. The molecule has 0 spiro atoms. The number of para-hydroxylation sites is 6. The molecule has 114 heavy (non-hydrogen) atoms. The number of thiophene rings is 3. The first kappa shape index (κ1) is 66.8. The number of hydrogen-bond donors (Lipinski definition) is 0. The number of benzene rings is 15. The van der Waals surface area contributed by atoms with Crippen molar-refractivity contribution in [3.8, 4) is 84.0 Å². The van der Waals surface area contributed by atoms with Crippen molar-refractivity contribution in [2.45, 2.75) is 0 Å². The highest BCUT2D eigenvalue weighted by molar-refractivity contribution is 7.27. The van der Waals surface area contributed by atoms with Gasteiger partial charge in [0.25, 0.3) is 0 Å². The average molecular weight is 1510 g/mol. The second-order valence-electron chi connectivity index (χ2n) is 29.0. The summed E-state index contributed by atoms with van der Waals surface area (Å²) in [6.07, 6.45) is 9.79. The summed E-state index contributed by atoms with van der Waals surface area (Å²) < 4.78 is 14.8. The highest BCUT2D eigenvalue weighted by Gasteiger charge is 2.20. The number of aromatic nitrogens is 6. The minimum absolute atomic E-state index is 1.05. The van der Waals surface area contributed by atoms with Crippen LogP contribution in [0.2, 0.25) is 0 Å². The molecule has 9 heteroatoms. The second-order valence-corrected chi connectivity index (χ2v) is 32.1. The van der Waals surface area contributed by atoms with Gasteiger partial charge in [-0.2, -0.15) is 0 Å². The Bertz CT molecular complexity index is 7020. The molecule has 15 aromatic carbocycles. The number of fused-ring (bicyclic) bond motifs is 18. The van der Waals surface area contributed by atoms with E-state index in [1.165, 1.54) is 193 Å². The summed E-state index contributed by atoms with van der Waals surface area (Å²) in [7, 11) is 0. The summed E-state index contributed by atoms with van der Waals surface area (Å²) in [4.78, 5) is 13.8. The van der Waals surface area contributed by atoms with E-state index in [-0.39, 0.29) is 0 Å². The Morgan fingerprint density at radius 3 is 1.00 bits per heavy atom. The van der Waals surface area contributed by atoms with Gasteiger partial charge in [0, 0.05) is 143 Å². The lowest BCUT2D eigenvalue weighted by Crippen LogP contribution is -1.94. The van der Waals surface area contributed by atoms with Crippen molar-refractivity contribution in [1.29, 1.82) is 0 Å². The van der Waals surface area contributed by atoms with Gasteiger partial charge in [-0.1, -0.05) is 255 Å². The molecule has 9 heterocycles. The molecule has 0 N–H and O–H groups in total. The molecule has 0 aliphatic heterocycles. The number of rotatable bonds is 9. The number of hydrogen-bond acceptors (Lipinski definition) is 6. The molecule has 0 aliphatic carbocycles. The average Bonchev–Trinajstić information content (AvgIpc) is 1.62. The maximum Gasteiger partial charge on any atom is 0.0880 e. The minimum atomic E-state index is 1.05. The van der Waals surface area contributed by atoms with Gasteiger partial charge in [-0.25, -0.2) is 0 Å². The predicted octanol–water partition coefficient (Wildman–Crippen LogP) is 29.6. The third kappa shape index (κ3) is 11.5. The lowest BCUT2D eigenvalue weighted by molar-refractivity contribution is 1.18. The summed E-state index contributed by atoms with van der Waals surface area (Å²) in [5.41, 5.74) is 25.1. The molecule has 6 nitrogen and oxygen atoms in total. The van der Waals surface area contributed by atoms with E-state index in [0.29, 0.717) is 0 Å². The Balaban J connectivity index is 0.000000104. The normalized spacial score (nSPS) is 11.7. The molecule has 0 unspecified atom stereocenters. The Kier molecular flexibility index (Phi) is 16.4. The SMILES string of the molecule is c1cc(-c2cccc(-n3c4ccccc4c4ccccc43)c2)cc(-c2cccc3c2sc2cnccc23)c1.c1cc(-c2cccc(-n3c4ccccc4c4ccccc43)c2)cc(-c2cncc3c2sc2ccccc23)c1.c1cc(-c2cccc(-n3c4ccccc4c4ccccc43)c2)cc(-c2nccc3c2sc2ccccc23)c1. The van der Waals surface area contributed by atoms with Crippen LogP contribution in [-0.4, -0.2) is 28.7 Å². The van der Waals surface area contributed by atoms with Gasteiger partial charge in [-0.15, -0.1) is 34.0 Å². The molecule has 24 rings (SSSR count). The maximum atomic E-state index is 4.84. The molecular weight excluding hydrogens is 1440 g/mol. The molecule has 0 bridgehead atoms. The molecule has 24 aromatic rings. The van der Waals surface area contributed by atoms with Crippen molar-refractivity contribution < 1.29 is 0 Å². The van der Waals surface area contributed by atoms with Crippen LogP contribution in [0.3, 0.4) is 0 Å². The van der Waals surface area contributed by atoms with Crippen LogP contribution in [0.15, 0.2) is 401 Å². The first-order valence-electron chi connectivity index (χ1n) is 38.4.